The molecule has 0 spiro atoms. The fourth-order valence-electron chi connectivity index (χ4n) is 1.10. The number of rotatable bonds is 4. The molecule has 0 saturated heterocycles. The zero-order valence-electron chi connectivity index (χ0n) is 10.4. The van der Waals surface area contributed by atoms with Crippen molar-refractivity contribution >= 4 is 34.6 Å². The predicted octanol–water partition coefficient (Wildman–Crippen LogP) is 1.07. The molecule has 1 amide bonds. The van der Waals surface area contributed by atoms with Crippen LogP contribution in [0.3, 0.4) is 0 Å². The van der Waals surface area contributed by atoms with Gasteiger partial charge in [0.05, 0.1) is 17.1 Å². The second-order valence-corrected chi connectivity index (χ2v) is 5.32. The third-order valence-corrected chi connectivity index (χ3v) is 2.94. The van der Waals surface area contributed by atoms with Gasteiger partial charge in [-0.3, -0.25) is 15.6 Å². The number of hydrogen-bond acceptors (Lipinski definition) is 4. The predicted molar refractivity (Wildman–Crippen MR) is 77.2 cm³/mol. The minimum absolute atomic E-state index is 0.181. The summed E-state index contributed by atoms with van der Waals surface area (Å²) in [4.78, 5) is 15.8. The minimum Gasteiger partial charge on any atom is -0.358 e. The molecule has 1 heterocycles. The summed E-state index contributed by atoms with van der Waals surface area (Å²) < 4.78 is 0. The monoisotopic (exact) mass is 284 g/mol. The van der Waals surface area contributed by atoms with E-state index in [1.165, 1.54) is 11.3 Å². The zero-order chi connectivity index (χ0) is 13.5. The third kappa shape index (κ3) is 5.74. The number of carbonyl (C=O) groups is 1. The second-order valence-electron chi connectivity index (χ2n) is 3.85. The molecule has 18 heavy (non-hydrogen) atoms. The summed E-state index contributed by atoms with van der Waals surface area (Å²) in [5.41, 5.74) is 6.85. The Balaban J connectivity index is 2.24. The third-order valence-electron chi connectivity index (χ3n) is 1.87. The van der Waals surface area contributed by atoms with E-state index in [9.17, 15) is 4.79 Å². The van der Waals surface area contributed by atoms with Crippen molar-refractivity contribution in [2.75, 3.05) is 6.54 Å². The summed E-state index contributed by atoms with van der Waals surface area (Å²) in [5.74, 6) is -0.181. The van der Waals surface area contributed by atoms with E-state index in [1.807, 2.05) is 19.2 Å². The highest BCUT2D eigenvalue weighted by atomic mass is 32.1. The van der Waals surface area contributed by atoms with Gasteiger partial charge in [0.1, 0.15) is 0 Å². The number of aryl methyl sites for hydroxylation is 1. The Bertz CT molecular complexity index is 456. The van der Waals surface area contributed by atoms with Crippen LogP contribution in [0.4, 0.5) is 0 Å². The van der Waals surface area contributed by atoms with Crippen LogP contribution in [-0.4, -0.2) is 22.5 Å². The van der Waals surface area contributed by atoms with Crippen LogP contribution in [0.5, 0.6) is 0 Å². The van der Waals surface area contributed by atoms with Crippen molar-refractivity contribution in [3.8, 4) is 0 Å². The van der Waals surface area contributed by atoms with Gasteiger partial charge in [-0.15, -0.1) is 11.3 Å². The molecule has 3 N–H and O–H groups in total. The molecule has 0 fully saturated rings. The van der Waals surface area contributed by atoms with Crippen LogP contribution in [0.15, 0.2) is 17.5 Å². The number of aromatic nitrogens is 1. The lowest BCUT2D eigenvalue weighted by Gasteiger charge is -2.10. The first kappa shape index (κ1) is 14.6. The number of hydrazine groups is 1. The fourth-order valence-corrected chi connectivity index (χ4v) is 1.84. The van der Waals surface area contributed by atoms with E-state index in [-0.39, 0.29) is 12.3 Å². The molecule has 0 saturated carbocycles. The number of nitrogens with zero attached hydrogens (tertiary/aromatic N) is 1. The molecule has 5 nitrogen and oxygen atoms in total. The van der Waals surface area contributed by atoms with E-state index >= 15 is 0 Å². The van der Waals surface area contributed by atoms with Crippen molar-refractivity contribution in [2.24, 2.45) is 0 Å². The van der Waals surface area contributed by atoms with Crippen molar-refractivity contribution in [1.29, 1.82) is 0 Å². The number of thiocarbonyl (C=S) groups is 1. The Labute approximate surface area is 116 Å². The Morgan fingerprint density at radius 2 is 2.28 bits per heavy atom. The topological polar surface area (TPSA) is 66.0 Å². The summed E-state index contributed by atoms with van der Waals surface area (Å²) in [6.07, 6.45) is 0.237. The maximum atomic E-state index is 11.6. The molecule has 0 bridgehead atoms. The highest BCUT2D eigenvalue weighted by Gasteiger charge is 2.06. The Hall–Kier alpha value is -1.47. The van der Waals surface area contributed by atoms with Crippen LogP contribution in [-0.2, 0) is 11.2 Å². The molecule has 98 valence electrons. The van der Waals surface area contributed by atoms with E-state index in [1.54, 1.807) is 0 Å². The van der Waals surface area contributed by atoms with E-state index < -0.39 is 0 Å². The van der Waals surface area contributed by atoms with Gasteiger partial charge in [0, 0.05) is 11.9 Å². The Morgan fingerprint density at radius 1 is 1.56 bits per heavy atom. The van der Waals surface area contributed by atoms with Crippen molar-refractivity contribution in [3.63, 3.8) is 0 Å². The first-order valence-electron chi connectivity index (χ1n) is 5.35. The van der Waals surface area contributed by atoms with Gasteiger partial charge in [0.25, 0.3) is 0 Å². The molecule has 7 heteroatoms. The Kier molecular flexibility index (Phi) is 5.73. The SMILES string of the molecule is C=C(C)CNC(=S)NNC(=O)Cc1csc(C)n1. The maximum Gasteiger partial charge on any atom is 0.244 e. The molecule has 0 radical (unpaired) electrons. The largest absolute Gasteiger partial charge is 0.358 e. The highest BCUT2D eigenvalue weighted by Crippen LogP contribution is 2.07. The molecule has 1 aromatic heterocycles. The lowest BCUT2D eigenvalue weighted by molar-refractivity contribution is -0.121. The van der Waals surface area contributed by atoms with Gasteiger partial charge in [0.2, 0.25) is 5.91 Å². The summed E-state index contributed by atoms with van der Waals surface area (Å²) in [6.45, 7) is 8.10. The molecular formula is C11H16N4OS2. The highest BCUT2D eigenvalue weighted by molar-refractivity contribution is 7.80. The fraction of sp³-hybridized carbons (Fsp3) is 0.364. The van der Waals surface area contributed by atoms with E-state index in [2.05, 4.69) is 27.7 Å². The molecule has 1 aromatic rings. The molecule has 0 aromatic carbocycles. The average Bonchev–Trinajstić information content (AvgIpc) is 2.69. The minimum atomic E-state index is -0.181. The lowest BCUT2D eigenvalue weighted by atomic mass is 10.3. The van der Waals surface area contributed by atoms with Crippen LogP contribution < -0.4 is 16.2 Å². The zero-order valence-corrected chi connectivity index (χ0v) is 12.0. The second kappa shape index (κ2) is 7.07. The molecule has 0 atom stereocenters. The van der Waals surface area contributed by atoms with Gasteiger partial charge in [0.15, 0.2) is 5.11 Å². The van der Waals surface area contributed by atoms with Crippen molar-refractivity contribution in [1.82, 2.24) is 21.2 Å². The van der Waals surface area contributed by atoms with Crippen LogP contribution >= 0.6 is 23.6 Å². The van der Waals surface area contributed by atoms with Gasteiger partial charge >= 0.3 is 0 Å². The molecule has 0 aliphatic carbocycles. The van der Waals surface area contributed by atoms with E-state index in [0.717, 1.165) is 16.3 Å². The summed E-state index contributed by atoms with van der Waals surface area (Å²) in [7, 11) is 0. The average molecular weight is 284 g/mol. The molecule has 0 aliphatic rings. The van der Waals surface area contributed by atoms with Gasteiger partial charge in [-0.1, -0.05) is 12.2 Å². The number of hydrogen-bond donors (Lipinski definition) is 3. The van der Waals surface area contributed by atoms with Crippen molar-refractivity contribution < 1.29 is 4.79 Å². The molecular weight excluding hydrogens is 268 g/mol. The van der Waals surface area contributed by atoms with Gasteiger partial charge in [-0.2, -0.15) is 0 Å². The summed E-state index contributed by atoms with van der Waals surface area (Å²) >= 11 is 6.49. The maximum absolute atomic E-state index is 11.6. The number of amides is 1. The molecule has 0 aliphatic heterocycles. The summed E-state index contributed by atoms with van der Waals surface area (Å²) in [6, 6.07) is 0. The van der Waals surface area contributed by atoms with Crippen LogP contribution in [0.25, 0.3) is 0 Å². The lowest BCUT2D eigenvalue weighted by Crippen LogP contribution is -2.47. The molecule has 0 unspecified atom stereocenters. The van der Waals surface area contributed by atoms with E-state index in [4.69, 9.17) is 12.2 Å². The van der Waals surface area contributed by atoms with E-state index in [0.29, 0.717) is 11.7 Å². The Morgan fingerprint density at radius 3 is 2.83 bits per heavy atom. The van der Waals surface area contributed by atoms with Gasteiger partial charge in [-0.25, -0.2) is 4.98 Å². The van der Waals surface area contributed by atoms with Crippen molar-refractivity contribution in [2.45, 2.75) is 20.3 Å². The number of nitrogens with one attached hydrogen (secondary N) is 3. The molecule has 1 rings (SSSR count). The van der Waals surface area contributed by atoms with Crippen LogP contribution in [0.2, 0.25) is 0 Å². The van der Waals surface area contributed by atoms with Crippen molar-refractivity contribution in [3.05, 3.63) is 28.2 Å². The van der Waals surface area contributed by atoms with Gasteiger partial charge in [-0.05, 0) is 26.1 Å². The smallest absolute Gasteiger partial charge is 0.244 e. The van der Waals surface area contributed by atoms with Crippen LogP contribution in [0.1, 0.15) is 17.6 Å². The van der Waals surface area contributed by atoms with Crippen LogP contribution in [0, 0.1) is 6.92 Å². The quantitative estimate of drug-likeness (QED) is 0.438. The van der Waals surface area contributed by atoms with Gasteiger partial charge < -0.3 is 5.32 Å². The summed E-state index contributed by atoms with van der Waals surface area (Å²) in [5, 5.41) is 6.08. The first-order valence-corrected chi connectivity index (χ1v) is 6.64. The normalized spacial score (nSPS) is 9.67. The standard InChI is InChI=1S/C11H16N4OS2/c1-7(2)5-12-11(17)15-14-10(16)4-9-6-18-8(3)13-9/h6H,1,4-5H2,2-3H3,(H,14,16)(H2,12,15,17). The first-order chi connectivity index (χ1) is 8.47. The number of thiazole rings is 1. The number of carbonyl (C=O) groups excluding carboxylic acids is 1.